The van der Waals surface area contributed by atoms with Crippen molar-refractivity contribution < 1.29 is 9.53 Å². The van der Waals surface area contributed by atoms with Crippen molar-refractivity contribution in [2.75, 3.05) is 24.3 Å². The number of hydrogen-bond acceptors (Lipinski definition) is 5. The van der Waals surface area contributed by atoms with Crippen LogP contribution in [0, 0.1) is 0 Å². The topological polar surface area (TPSA) is 93.1 Å². The molecule has 0 spiro atoms. The van der Waals surface area contributed by atoms with Gasteiger partial charge in [0, 0.05) is 0 Å². The van der Waals surface area contributed by atoms with E-state index in [1.165, 1.54) is 0 Å². The molecule has 2 aromatic heterocycles. The molecule has 0 bridgehead atoms. The summed E-state index contributed by atoms with van der Waals surface area (Å²) in [5.74, 6) is 1.29. The van der Waals surface area contributed by atoms with Crippen molar-refractivity contribution in [3.05, 3.63) is 48.2 Å². The van der Waals surface area contributed by atoms with Crippen LogP contribution in [-0.2, 0) is 4.74 Å². The summed E-state index contributed by atoms with van der Waals surface area (Å²) in [4.78, 5) is 17.1. The predicted molar refractivity (Wildman–Crippen MR) is 109 cm³/mol. The van der Waals surface area contributed by atoms with E-state index in [0.717, 1.165) is 41.7 Å². The van der Waals surface area contributed by atoms with E-state index in [-0.39, 0.29) is 18.2 Å². The maximum atomic E-state index is 12.7. The van der Waals surface area contributed by atoms with Gasteiger partial charge in [-0.3, -0.25) is 0 Å². The number of rotatable bonds is 5. The number of anilines is 2. The quantitative estimate of drug-likeness (QED) is 0.411. The Bertz CT molecular complexity index is 971. The van der Waals surface area contributed by atoms with E-state index < -0.39 is 0 Å². The van der Waals surface area contributed by atoms with Crippen molar-refractivity contribution in [1.29, 1.82) is 0 Å². The minimum atomic E-state index is -0.299. The number of carbonyl (C=O) groups excluding carboxylic acids is 1. The molecule has 1 fully saturated rings. The number of ether oxygens (including phenoxy) is 1. The molecule has 1 aromatic carbocycles. The third-order valence-electron chi connectivity index (χ3n) is 4.85. The van der Waals surface area contributed by atoms with E-state index in [1.807, 2.05) is 45.9 Å². The van der Waals surface area contributed by atoms with Crippen LogP contribution in [0.25, 0.3) is 10.9 Å². The van der Waals surface area contributed by atoms with E-state index in [1.54, 1.807) is 6.20 Å². The van der Waals surface area contributed by atoms with Crippen molar-refractivity contribution in [2.24, 2.45) is 0 Å². The molecule has 1 aliphatic heterocycles. The Kier molecular flexibility index (Phi) is 5.76. The molecular formula is C19H21N6O2Tl. The second-order valence-electron chi connectivity index (χ2n) is 6.67. The number of nitrogens with zero attached hydrogens (tertiary/aromatic N) is 3. The number of pyridine rings is 1. The Hall–Kier alpha value is -2.21. The van der Waals surface area contributed by atoms with Gasteiger partial charge in [0.15, 0.2) is 0 Å². The molecule has 8 nitrogen and oxygen atoms in total. The molecule has 142 valence electrons. The average Bonchev–Trinajstić information content (AvgIpc) is 3.35. The van der Waals surface area contributed by atoms with E-state index in [2.05, 4.69) is 26.0 Å². The first-order valence-corrected chi connectivity index (χ1v) is 11.2. The summed E-state index contributed by atoms with van der Waals surface area (Å²) in [6.07, 6.45) is 3.65. The normalized spacial score (nSPS) is 17.4. The Balaban J connectivity index is 1.52. The third kappa shape index (κ3) is 3.97. The number of urea groups is 1. The van der Waals surface area contributed by atoms with Gasteiger partial charge in [-0.15, -0.1) is 0 Å². The minimum absolute atomic E-state index is 0.0222. The summed E-state index contributed by atoms with van der Waals surface area (Å²) in [5, 5.41) is 14.4. The summed E-state index contributed by atoms with van der Waals surface area (Å²) in [7, 11) is 1.83. The first-order valence-electron chi connectivity index (χ1n) is 9.21. The fourth-order valence-corrected chi connectivity index (χ4v) is 4.77. The first-order chi connectivity index (χ1) is 13.7. The monoisotopic (exact) mass is 570 g/mol. The van der Waals surface area contributed by atoms with Crippen LogP contribution in [0.3, 0.4) is 0 Å². The molecule has 1 saturated heterocycles. The van der Waals surface area contributed by atoms with E-state index in [0.29, 0.717) is 31.9 Å². The maximum absolute atomic E-state index is 12.7. The second-order valence-corrected chi connectivity index (χ2v) is 8.57. The van der Waals surface area contributed by atoms with Gasteiger partial charge in [0.05, 0.1) is 0 Å². The molecule has 0 radical (unpaired) electrons. The van der Waals surface area contributed by atoms with Crippen LogP contribution in [0.1, 0.15) is 24.4 Å². The van der Waals surface area contributed by atoms with Crippen LogP contribution in [0.15, 0.2) is 42.6 Å². The summed E-state index contributed by atoms with van der Waals surface area (Å²) in [5.41, 5.74) is 1.99. The second kappa shape index (κ2) is 8.43. The van der Waals surface area contributed by atoms with Crippen LogP contribution in [0.4, 0.5) is 16.4 Å². The Labute approximate surface area is 179 Å². The molecule has 0 saturated carbocycles. The van der Waals surface area contributed by atoms with Gasteiger partial charge < -0.3 is 0 Å². The van der Waals surface area contributed by atoms with Gasteiger partial charge in [0.1, 0.15) is 0 Å². The van der Waals surface area contributed by atoms with Crippen molar-refractivity contribution in [2.45, 2.75) is 25.0 Å². The number of benzene rings is 1. The van der Waals surface area contributed by atoms with E-state index in [9.17, 15) is 4.79 Å². The number of hydrogen-bond donors (Lipinski definition) is 3. The number of aromatic nitrogens is 3. The van der Waals surface area contributed by atoms with Crippen LogP contribution < -0.4 is 16.0 Å². The Morgan fingerprint density at radius 1 is 1.36 bits per heavy atom. The fourth-order valence-electron chi connectivity index (χ4n) is 3.50. The number of carbonyl (C=O) groups is 1. The predicted octanol–water partition coefficient (Wildman–Crippen LogP) is 2.45. The van der Waals surface area contributed by atoms with E-state index in [4.69, 9.17) is 4.74 Å². The van der Waals surface area contributed by atoms with Crippen molar-refractivity contribution in [1.82, 2.24) is 17.9 Å². The number of nitrogens with one attached hydrogen (secondary N) is 3. The molecule has 0 aliphatic carbocycles. The van der Waals surface area contributed by atoms with Gasteiger partial charge in [0.25, 0.3) is 0 Å². The Morgan fingerprint density at radius 3 is 2.89 bits per heavy atom. The molecule has 3 aromatic rings. The van der Waals surface area contributed by atoms with Gasteiger partial charge in [-0.25, -0.2) is 0 Å². The summed E-state index contributed by atoms with van der Waals surface area (Å²) in [6.45, 7) is 0.731. The molecule has 28 heavy (non-hydrogen) atoms. The Morgan fingerprint density at radius 2 is 2.18 bits per heavy atom. The molecule has 2 unspecified atom stereocenters. The SMILES string of the molecule is CNc1n[n]([Tl])c2cc(NC(=O)NC(c3ccccc3)C3CCCO3)ncc12. The molecule has 3 N–H and O–H groups in total. The van der Waals surface area contributed by atoms with E-state index >= 15 is 0 Å². The summed E-state index contributed by atoms with van der Waals surface area (Å²) in [6, 6.07) is 11.3. The zero-order valence-electron chi connectivity index (χ0n) is 15.6. The van der Waals surface area contributed by atoms with Gasteiger partial charge in [-0.05, 0) is 0 Å². The molecule has 1 aliphatic rings. The van der Waals surface area contributed by atoms with Gasteiger partial charge in [-0.2, -0.15) is 0 Å². The summed E-state index contributed by atoms with van der Waals surface area (Å²) >= 11 is 0.514. The number of amides is 2. The van der Waals surface area contributed by atoms with Gasteiger partial charge in [0.2, 0.25) is 0 Å². The molecule has 4 rings (SSSR count). The summed E-state index contributed by atoms with van der Waals surface area (Å²) < 4.78 is 7.76. The van der Waals surface area contributed by atoms with Crippen molar-refractivity contribution >= 4 is 54.6 Å². The molecule has 2 atom stereocenters. The third-order valence-corrected chi connectivity index (χ3v) is 6.38. The fraction of sp³-hybridized carbons (Fsp3) is 0.316. The zero-order valence-corrected chi connectivity index (χ0v) is 20.0. The standard InChI is InChI=1S/C19H22N6O2.Tl/c1-20-18-13-11-21-16(10-14(13)24-25-18)22-19(26)23-17(15-8-5-9-27-15)12-6-3-2-4-7-12;/h2-4,6-7,10-11,15,17H,5,8-9H2,1H3,(H4,20,21,22,23,24,25,26);/q;+1/p-1. The van der Waals surface area contributed by atoms with Crippen LogP contribution in [0.2, 0.25) is 0 Å². The molecule has 2 amide bonds. The molecule has 3 heterocycles. The van der Waals surface area contributed by atoms with Crippen LogP contribution in [-0.4, -0.2) is 64.4 Å². The van der Waals surface area contributed by atoms with Gasteiger partial charge in [-0.1, -0.05) is 0 Å². The van der Waals surface area contributed by atoms with Crippen LogP contribution in [0.5, 0.6) is 0 Å². The molecule has 9 heteroatoms. The van der Waals surface area contributed by atoms with Gasteiger partial charge >= 0.3 is 179 Å². The van der Waals surface area contributed by atoms with Crippen LogP contribution >= 0.6 is 0 Å². The van der Waals surface area contributed by atoms with Crippen molar-refractivity contribution in [3.63, 3.8) is 0 Å². The molecular weight excluding hydrogens is 549 g/mol. The van der Waals surface area contributed by atoms with Crippen molar-refractivity contribution in [3.8, 4) is 0 Å². The average molecular weight is 570 g/mol. The number of fused-ring (bicyclic) bond motifs is 1. The first kappa shape index (κ1) is 19.1. The zero-order chi connectivity index (χ0) is 19.5.